The van der Waals surface area contributed by atoms with Gasteiger partial charge in [0.15, 0.2) is 5.79 Å². The monoisotopic (exact) mass is 428 g/mol. The molecule has 4 heterocycles. The van der Waals surface area contributed by atoms with Crippen molar-refractivity contribution >= 4 is 15.8 Å². The highest BCUT2D eigenvalue weighted by Gasteiger charge is 2.47. The molecule has 1 N–H and O–H groups in total. The molecule has 1 aromatic heterocycles. The Labute approximate surface area is 171 Å². The van der Waals surface area contributed by atoms with Crippen LogP contribution in [0.15, 0.2) is 17.2 Å². The average molecular weight is 429 g/mol. The van der Waals surface area contributed by atoms with E-state index in [9.17, 15) is 12.8 Å². The Morgan fingerprint density at radius 3 is 2.59 bits per heavy atom. The highest BCUT2D eigenvalue weighted by Crippen LogP contribution is 2.34. The second kappa shape index (κ2) is 7.73. The third kappa shape index (κ3) is 4.41. The van der Waals surface area contributed by atoms with Crippen LogP contribution in [0.4, 0.5) is 10.2 Å². The summed E-state index contributed by atoms with van der Waals surface area (Å²) in [6.07, 6.45) is 2.08. The molecule has 1 aromatic rings. The molecular formula is C19H29FN4O4S. The summed E-state index contributed by atoms with van der Waals surface area (Å²) in [7, 11) is -3.68. The van der Waals surface area contributed by atoms with Gasteiger partial charge in [0.1, 0.15) is 29.6 Å². The van der Waals surface area contributed by atoms with E-state index < -0.39 is 22.5 Å². The number of aromatic nitrogens is 1. The van der Waals surface area contributed by atoms with Gasteiger partial charge in [0, 0.05) is 38.4 Å². The van der Waals surface area contributed by atoms with Crippen LogP contribution in [0.1, 0.15) is 25.8 Å². The van der Waals surface area contributed by atoms with Crippen LogP contribution in [0.5, 0.6) is 0 Å². The molecule has 1 unspecified atom stereocenters. The van der Waals surface area contributed by atoms with E-state index in [2.05, 4.69) is 14.6 Å². The minimum Gasteiger partial charge on any atom is -0.351 e. The van der Waals surface area contributed by atoms with Gasteiger partial charge in [0.2, 0.25) is 10.0 Å². The number of hydrogen-bond donors (Lipinski definition) is 1. The third-order valence-electron chi connectivity index (χ3n) is 5.74. The summed E-state index contributed by atoms with van der Waals surface area (Å²) in [6.45, 7) is 8.07. The molecule has 4 rings (SSSR count). The highest BCUT2D eigenvalue weighted by molar-refractivity contribution is 7.89. The van der Waals surface area contributed by atoms with Crippen molar-refractivity contribution in [2.45, 2.75) is 56.1 Å². The summed E-state index contributed by atoms with van der Waals surface area (Å²) in [5, 5.41) is 0. The molecule has 0 bridgehead atoms. The lowest BCUT2D eigenvalue weighted by molar-refractivity contribution is -0.147. The summed E-state index contributed by atoms with van der Waals surface area (Å²) >= 11 is 0. The molecule has 0 radical (unpaired) electrons. The molecule has 0 aromatic carbocycles. The quantitative estimate of drug-likeness (QED) is 0.725. The van der Waals surface area contributed by atoms with Crippen molar-refractivity contribution in [2.24, 2.45) is 0 Å². The Bertz CT molecular complexity index is 850. The number of rotatable bonds is 6. The predicted molar refractivity (Wildman–Crippen MR) is 106 cm³/mol. The lowest BCUT2D eigenvalue weighted by atomic mass is 10.3. The molecule has 3 aliphatic rings. The number of fused-ring (bicyclic) bond motifs is 1. The van der Waals surface area contributed by atoms with E-state index >= 15 is 0 Å². The zero-order valence-corrected chi connectivity index (χ0v) is 17.9. The van der Waals surface area contributed by atoms with E-state index in [4.69, 9.17) is 9.47 Å². The molecule has 8 nitrogen and oxygen atoms in total. The van der Waals surface area contributed by atoms with E-state index in [1.807, 2.05) is 18.7 Å². The number of aryl methyl sites for hydroxylation is 1. The van der Waals surface area contributed by atoms with Gasteiger partial charge in [-0.05, 0) is 45.4 Å². The van der Waals surface area contributed by atoms with Crippen LogP contribution >= 0.6 is 0 Å². The van der Waals surface area contributed by atoms with Crippen molar-refractivity contribution in [3.8, 4) is 0 Å². The summed E-state index contributed by atoms with van der Waals surface area (Å²) in [5.74, 6) is 0.157. The van der Waals surface area contributed by atoms with Gasteiger partial charge in [-0.25, -0.2) is 22.5 Å². The number of hydrogen-bond acceptors (Lipinski definition) is 7. The molecular weight excluding hydrogens is 399 g/mol. The number of halogens is 1. The number of likely N-dealkylation sites (tertiary alicyclic amines) is 1. The van der Waals surface area contributed by atoms with E-state index in [0.717, 1.165) is 5.82 Å². The molecule has 3 atom stereocenters. The van der Waals surface area contributed by atoms with E-state index in [-0.39, 0.29) is 23.1 Å². The van der Waals surface area contributed by atoms with Crippen LogP contribution in [0.3, 0.4) is 0 Å². The van der Waals surface area contributed by atoms with Gasteiger partial charge in [0.25, 0.3) is 0 Å². The van der Waals surface area contributed by atoms with Gasteiger partial charge in [-0.1, -0.05) is 0 Å². The Kier molecular flexibility index (Phi) is 5.58. The van der Waals surface area contributed by atoms with Crippen molar-refractivity contribution in [1.82, 2.24) is 14.6 Å². The number of anilines is 1. The first-order chi connectivity index (χ1) is 13.7. The van der Waals surface area contributed by atoms with Gasteiger partial charge < -0.3 is 14.4 Å². The van der Waals surface area contributed by atoms with Gasteiger partial charge in [0.05, 0.1) is 0 Å². The second-order valence-corrected chi connectivity index (χ2v) is 10.2. The maximum absolute atomic E-state index is 12.8. The summed E-state index contributed by atoms with van der Waals surface area (Å²) in [6, 6.07) is 1.59. The maximum Gasteiger partial charge on any atom is 0.242 e. The minimum absolute atomic E-state index is 0.00758. The minimum atomic E-state index is -3.68. The van der Waals surface area contributed by atoms with Crippen molar-refractivity contribution in [2.75, 3.05) is 44.3 Å². The standard InChI is InChI=1S/C19H29FN4O4S/c1-13-8-18(24-11-15-16(12-24)28-19(2,3)27-15)21-9-17(13)29(25,26)22-14-4-6-23(10-14)7-5-20/h8-9,14-16,22H,4-7,10-12H2,1-3H3/t14?,15-,16+. The largest absolute Gasteiger partial charge is 0.351 e. The zero-order chi connectivity index (χ0) is 20.8. The second-order valence-electron chi connectivity index (χ2n) is 8.52. The van der Waals surface area contributed by atoms with Crippen LogP contribution in [0.2, 0.25) is 0 Å². The fraction of sp³-hybridized carbons (Fsp3) is 0.737. The first kappa shape index (κ1) is 20.9. The number of sulfonamides is 1. The maximum atomic E-state index is 12.8. The Hall–Kier alpha value is -1.33. The molecule has 0 spiro atoms. The molecule has 0 saturated carbocycles. The normalized spacial score (nSPS) is 29.5. The van der Waals surface area contributed by atoms with Gasteiger partial charge in [-0.2, -0.15) is 0 Å². The first-order valence-electron chi connectivity index (χ1n) is 10.0. The summed E-state index contributed by atoms with van der Waals surface area (Å²) < 4.78 is 52.7. The van der Waals surface area contributed by atoms with Crippen LogP contribution in [-0.4, -0.2) is 81.7 Å². The Balaban J connectivity index is 1.42. The zero-order valence-electron chi connectivity index (χ0n) is 17.1. The molecule has 29 heavy (non-hydrogen) atoms. The van der Waals surface area contributed by atoms with Crippen molar-refractivity contribution < 1.29 is 22.3 Å². The lowest BCUT2D eigenvalue weighted by Gasteiger charge is -2.24. The highest BCUT2D eigenvalue weighted by atomic mass is 32.2. The molecule has 162 valence electrons. The molecule has 0 amide bonds. The third-order valence-corrected chi connectivity index (χ3v) is 7.39. The SMILES string of the molecule is Cc1cc(N2C[C@@H]3OC(C)(C)O[C@@H]3C2)ncc1S(=O)(=O)NC1CCN(CCF)C1. The first-order valence-corrected chi connectivity index (χ1v) is 11.5. The van der Waals surface area contributed by atoms with Gasteiger partial charge in [-0.3, -0.25) is 4.90 Å². The molecule has 3 fully saturated rings. The number of alkyl halides is 1. The molecule has 10 heteroatoms. The fourth-order valence-corrected chi connectivity index (χ4v) is 5.86. The average Bonchev–Trinajstić information content (AvgIpc) is 3.27. The van der Waals surface area contributed by atoms with Crippen LogP contribution < -0.4 is 9.62 Å². The Morgan fingerprint density at radius 2 is 1.97 bits per heavy atom. The van der Waals surface area contributed by atoms with Crippen LogP contribution in [0.25, 0.3) is 0 Å². The lowest BCUT2D eigenvalue weighted by Crippen LogP contribution is -2.37. The predicted octanol–water partition coefficient (Wildman–Crippen LogP) is 1.05. The number of ether oxygens (including phenoxy) is 2. The van der Waals surface area contributed by atoms with E-state index in [0.29, 0.717) is 44.7 Å². The Morgan fingerprint density at radius 1 is 1.28 bits per heavy atom. The smallest absolute Gasteiger partial charge is 0.242 e. The van der Waals surface area contributed by atoms with Crippen molar-refractivity contribution in [3.63, 3.8) is 0 Å². The van der Waals surface area contributed by atoms with Gasteiger partial charge in [-0.15, -0.1) is 0 Å². The number of pyridine rings is 1. The van der Waals surface area contributed by atoms with E-state index in [1.54, 1.807) is 13.0 Å². The van der Waals surface area contributed by atoms with Crippen molar-refractivity contribution in [3.05, 3.63) is 17.8 Å². The van der Waals surface area contributed by atoms with E-state index in [1.165, 1.54) is 6.20 Å². The topological polar surface area (TPSA) is 84.0 Å². The summed E-state index contributed by atoms with van der Waals surface area (Å²) in [5.41, 5.74) is 0.639. The van der Waals surface area contributed by atoms with Crippen LogP contribution in [0, 0.1) is 6.92 Å². The van der Waals surface area contributed by atoms with Crippen LogP contribution in [-0.2, 0) is 19.5 Å². The molecule has 3 aliphatic heterocycles. The van der Waals surface area contributed by atoms with Gasteiger partial charge >= 0.3 is 0 Å². The fourth-order valence-electron chi connectivity index (χ4n) is 4.43. The van der Waals surface area contributed by atoms with Crippen molar-refractivity contribution in [1.29, 1.82) is 0 Å². The molecule has 3 saturated heterocycles. The number of nitrogens with zero attached hydrogens (tertiary/aromatic N) is 3. The summed E-state index contributed by atoms with van der Waals surface area (Å²) in [4.78, 5) is 8.58. The molecule has 0 aliphatic carbocycles. The number of nitrogens with one attached hydrogen (secondary N) is 1.